The van der Waals surface area contributed by atoms with E-state index in [1.807, 2.05) is 0 Å². The molecule has 0 radical (unpaired) electrons. The largest absolute Gasteiger partial charge is 0.478 e. The molecule has 40 heavy (non-hydrogen) atoms. The molecule has 0 saturated carbocycles. The van der Waals surface area contributed by atoms with Crippen LogP contribution in [0.5, 0.6) is 0 Å². The van der Waals surface area contributed by atoms with E-state index < -0.39 is 44.1 Å². The summed E-state index contributed by atoms with van der Waals surface area (Å²) in [5.41, 5.74) is -1.61. The zero-order valence-corrected chi connectivity index (χ0v) is 22.0. The van der Waals surface area contributed by atoms with Gasteiger partial charge in [-0.15, -0.1) is 0 Å². The third kappa shape index (κ3) is 9.02. The SMILES string of the molecule is O=C(O)c1ccc(Cl)c([N+](=O)[O-])c1.O=C(O)c1ccc([N+](=O)[O-])c(Cl)c1Cl.O=C(O)c1ccc([N+](=O)[O-])cc1Cl. The molecule has 210 valence electrons. The Balaban J connectivity index is 0.000000300. The van der Waals surface area contributed by atoms with Crippen molar-refractivity contribution in [1.82, 2.24) is 0 Å². The Hall–Kier alpha value is -4.57. The van der Waals surface area contributed by atoms with Gasteiger partial charge < -0.3 is 15.3 Å². The fraction of sp³-hybridized carbons (Fsp3) is 0. The first-order chi connectivity index (χ1) is 18.5. The van der Waals surface area contributed by atoms with Gasteiger partial charge in [0, 0.05) is 24.3 Å². The molecule has 3 aromatic rings. The summed E-state index contributed by atoms with van der Waals surface area (Å²) in [6.45, 7) is 0. The molecule has 0 atom stereocenters. The molecule has 15 nitrogen and oxygen atoms in total. The molecule has 0 heterocycles. The third-order valence-corrected chi connectivity index (χ3v) is 5.78. The van der Waals surface area contributed by atoms with Gasteiger partial charge in [0.1, 0.15) is 10.0 Å². The van der Waals surface area contributed by atoms with Crippen molar-refractivity contribution in [3.8, 4) is 0 Å². The fourth-order valence-corrected chi connectivity index (χ4v) is 3.34. The van der Waals surface area contributed by atoms with Crippen molar-refractivity contribution in [3.05, 3.63) is 116 Å². The van der Waals surface area contributed by atoms with Crippen molar-refractivity contribution in [2.45, 2.75) is 0 Å². The summed E-state index contributed by atoms with van der Waals surface area (Å²) in [5, 5.41) is 55.7. The van der Waals surface area contributed by atoms with E-state index in [-0.39, 0.29) is 42.5 Å². The van der Waals surface area contributed by atoms with E-state index in [4.69, 9.17) is 61.7 Å². The molecular formula is C21H11Cl4N3O12. The van der Waals surface area contributed by atoms with Gasteiger partial charge in [-0.25, -0.2) is 14.4 Å². The molecule has 0 amide bonds. The number of carboxylic acids is 3. The van der Waals surface area contributed by atoms with Gasteiger partial charge in [0.05, 0.1) is 41.5 Å². The summed E-state index contributed by atoms with van der Waals surface area (Å²) in [4.78, 5) is 60.2. The lowest BCUT2D eigenvalue weighted by molar-refractivity contribution is -0.385. The van der Waals surface area contributed by atoms with Crippen LogP contribution in [-0.4, -0.2) is 48.0 Å². The highest BCUT2D eigenvalue weighted by Gasteiger charge is 2.21. The second kappa shape index (κ2) is 14.5. The van der Waals surface area contributed by atoms with Gasteiger partial charge in [-0.3, -0.25) is 30.3 Å². The molecule has 3 rings (SSSR count). The van der Waals surface area contributed by atoms with Crippen LogP contribution in [0.25, 0.3) is 0 Å². The van der Waals surface area contributed by atoms with Crippen LogP contribution in [0.2, 0.25) is 20.1 Å². The molecule has 3 aromatic carbocycles. The molecule has 0 aliphatic rings. The number of carbonyl (C=O) groups is 3. The maximum absolute atomic E-state index is 10.5. The monoisotopic (exact) mass is 637 g/mol. The Bertz CT molecular complexity index is 1490. The van der Waals surface area contributed by atoms with E-state index in [1.54, 1.807) is 0 Å². The number of aromatic carboxylic acids is 3. The van der Waals surface area contributed by atoms with Crippen LogP contribution < -0.4 is 0 Å². The Labute approximate surface area is 241 Å². The number of nitrogens with zero attached hydrogens (tertiary/aromatic N) is 3. The first kappa shape index (κ1) is 33.5. The first-order valence-corrected chi connectivity index (χ1v) is 11.2. The second-order valence-corrected chi connectivity index (χ2v) is 8.35. The van der Waals surface area contributed by atoms with Crippen LogP contribution >= 0.6 is 46.4 Å². The quantitative estimate of drug-likeness (QED) is 0.194. The van der Waals surface area contributed by atoms with Crippen LogP contribution in [0.3, 0.4) is 0 Å². The van der Waals surface area contributed by atoms with Gasteiger partial charge in [0.2, 0.25) is 0 Å². The highest BCUT2D eigenvalue weighted by Crippen LogP contribution is 2.34. The number of nitro benzene ring substituents is 3. The number of nitro groups is 3. The van der Waals surface area contributed by atoms with Crippen LogP contribution in [0.1, 0.15) is 31.1 Å². The maximum Gasteiger partial charge on any atom is 0.337 e. The molecule has 19 heteroatoms. The Morgan fingerprint density at radius 1 is 0.575 bits per heavy atom. The minimum absolute atomic E-state index is 0.0741. The van der Waals surface area contributed by atoms with E-state index in [2.05, 4.69) is 0 Å². The Morgan fingerprint density at radius 3 is 1.52 bits per heavy atom. The number of carboxylic acid groups (broad SMARTS) is 3. The van der Waals surface area contributed by atoms with Gasteiger partial charge in [-0.1, -0.05) is 46.4 Å². The van der Waals surface area contributed by atoms with Gasteiger partial charge in [0.15, 0.2) is 0 Å². The van der Waals surface area contributed by atoms with E-state index in [9.17, 15) is 44.7 Å². The molecule has 0 aliphatic heterocycles. The summed E-state index contributed by atoms with van der Waals surface area (Å²) >= 11 is 22.0. The average Bonchev–Trinajstić information content (AvgIpc) is 2.85. The predicted octanol–water partition coefficient (Wildman–Crippen LogP) is 6.49. The van der Waals surface area contributed by atoms with Gasteiger partial charge in [-0.05, 0) is 24.3 Å². The number of hydrogen-bond acceptors (Lipinski definition) is 9. The van der Waals surface area contributed by atoms with Crippen molar-refractivity contribution in [3.63, 3.8) is 0 Å². The average molecular weight is 639 g/mol. The zero-order chi connectivity index (χ0) is 30.9. The zero-order valence-electron chi connectivity index (χ0n) is 19.0. The minimum Gasteiger partial charge on any atom is -0.478 e. The van der Waals surface area contributed by atoms with E-state index in [0.717, 1.165) is 36.4 Å². The molecule has 0 aliphatic carbocycles. The highest BCUT2D eigenvalue weighted by atomic mass is 35.5. The van der Waals surface area contributed by atoms with E-state index >= 15 is 0 Å². The van der Waals surface area contributed by atoms with Gasteiger partial charge in [-0.2, -0.15) is 0 Å². The first-order valence-electron chi connectivity index (χ1n) is 9.69. The van der Waals surface area contributed by atoms with Crippen molar-refractivity contribution in [2.75, 3.05) is 0 Å². The van der Waals surface area contributed by atoms with Crippen LogP contribution in [0.4, 0.5) is 17.1 Å². The van der Waals surface area contributed by atoms with Crippen molar-refractivity contribution >= 4 is 81.4 Å². The molecule has 0 spiro atoms. The van der Waals surface area contributed by atoms with Crippen LogP contribution in [0, 0.1) is 30.3 Å². The summed E-state index contributed by atoms with van der Waals surface area (Å²) in [5.74, 6) is -3.72. The smallest absolute Gasteiger partial charge is 0.337 e. The van der Waals surface area contributed by atoms with Gasteiger partial charge >= 0.3 is 17.9 Å². The predicted molar refractivity (Wildman–Crippen MR) is 140 cm³/mol. The number of non-ortho nitro benzene ring substituents is 1. The number of rotatable bonds is 6. The minimum atomic E-state index is -1.29. The lowest BCUT2D eigenvalue weighted by atomic mass is 10.2. The molecule has 0 saturated heterocycles. The lowest BCUT2D eigenvalue weighted by Crippen LogP contribution is -1.99. The Kier molecular flexibility index (Phi) is 12.2. The molecule has 0 aromatic heterocycles. The van der Waals surface area contributed by atoms with Crippen molar-refractivity contribution in [2.24, 2.45) is 0 Å². The fourth-order valence-electron chi connectivity index (χ4n) is 2.42. The molecule has 3 N–H and O–H groups in total. The summed E-state index contributed by atoms with van der Waals surface area (Å²) in [6.07, 6.45) is 0. The summed E-state index contributed by atoms with van der Waals surface area (Å²) in [7, 11) is 0. The van der Waals surface area contributed by atoms with E-state index in [1.165, 1.54) is 12.1 Å². The Morgan fingerprint density at radius 2 is 1.10 bits per heavy atom. The summed E-state index contributed by atoms with van der Waals surface area (Å²) in [6, 6.07) is 8.54. The van der Waals surface area contributed by atoms with Crippen molar-refractivity contribution in [1.29, 1.82) is 0 Å². The number of halogens is 4. The summed E-state index contributed by atoms with van der Waals surface area (Å²) < 4.78 is 0. The molecule has 0 bridgehead atoms. The van der Waals surface area contributed by atoms with Gasteiger partial charge in [0.25, 0.3) is 17.1 Å². The number of benzene rings is 3. The van der Waals surface area contributed by atoms with Crippen molar-refractivity contribution < 1.29 is 44.5 Å². The van der Waals surface area contributed by atoms with Crippen LogP contribution in [-0.2, 0) is 0 Å². The molecule has 0 fully saturated rings. The third-order valence-electron chi connectivity index (χ3n) is 4.27. The number of hydrogen-bond donors (Lipinski definition) is 3. The van der Waals surface area contributed by atoms with E-state index in [0.29, 0.717) is 0 Å². The topological polar surface area (TPSA) is 241 Å². The normalized spacial score (nSPS) is 9.70. The lowest BCUT2D eigenvalue weighted by Gasteiger charge is -2.01. The van der Waals surface area contributed by atoms with Crippen LogP contribution in [0.15, 0.2) is 48.5 Å². The molecule has 0 unspecified atom stereocenters. The molecular weight excluding hydrogens is 628 g/mol. The second-order valence-electron chi connectivity index (χ2n) is 6.78. The standard InChI is InChI=1S/C7H3Cl2NO4.2C7H4ClNO4/c8-5-3(7(11)12)1-2-4(6(5)9)10(13)14;8-6-3-4(9(12)13)1-2-5(6)7(10)11;8-5-2-1-4(7(10)11)3-6(5)9(12)13/h1-2H,(H,11,12);2*1-3H,(H,10,11). The maximum atomic E-state index is 10.5. The highest BCUT2D eigenvalue weighted by molar-refractivity contribution is 6.45.